The van der Waals surface area contributed by atoms with E-state index in [2.05, 4.69) is 77.1 Å². The third-order valence-electron chi connectivity index (χ3n) is 8.29. The summed E-state index contributed by atoms with van der Waals surface area (Å²) in [6.07, 6.45) is 8.67. The van der Waals surface area contributed by atoms with E-state index in [0.29, 0.717) is 0 Å². The molecule has 40 heavy (non-hydrogen) atoms. The number of ether oxygens (including phenoxy) is 2. The molecule has 0 heterocycles. The van der Waals surface area contributed by atoms with E-state index in [1.165, 1.54) is 23.8 Å². The molecule has 0 saturated heterocycles. The average Bonchev–Trinajstić information content (AvgIpc) is 2.96. The van der Waals surface area contributed by atoms with Gasteiger partial charge in [0.2, 0.25) is 0 Å². The van der Waals surface area contributed by atoms with Gasteiger partial charge in [-0.1, -0.05) is 88.2 Å². The predicted molar refractivity (Wildman–Crippen MR) is 166 cm³/mol. The maximum Gasteiger partial charge on any atom is 0.309 e. The molecule has 4 nitrogen and oxygen atoms in total. The first-order valence-electron chi connectivity index (χ1n) is 14.6. The van der Waals surface area contributed by atoms with Gasteiger partial charge in [-0.2, -0.15) is 0 Å². The molecule has 0 aliphatic rings. The van der Waals surface area contributed by atoms with Crippen LogP contribution in [-0.2, 0) is 21.4 Å². The van der Waals surface area contributed by atoms with E-state index >= 15 is 0 Å². The van der Waals surface area contributed by atoms with Gasteiger partial charge in [-0.05, 0) is 84.2 Å². The molecular weight excluding hydrogens is 496 g/mol. The molecule has 214 valence electrons. The molecule has 3 aromatic rings. The van der Waals surface area contributed by atoms with Gasteiger partial charge in [0, 0.05) is 11.0 Å². The molecule has 0 radical (unpaired) electrons. The highest BCUT2D eigenvalue weighted by Crippen LogP contribution is 2.42. The maximum absolute atomic E-state index is 11.9. The number of esters is 1. The van der Waals surface area contributed by atoms with Crippen LogP contribution in [0.2, 0.25) is 0 Å². The van der Waals surface area contributed by atoms with E-state index in [-0.39, 0.29) is 17.8 Å². The van der Waals surface area contributed by atoms with Gasteiger partial charge in [-0.3, -0.25) is 4.79 Å². The van der Waals surface area contributed by atoms with Crippen LogP contribution >= 0.6 is 0 Å². The van der Waals surface area contributed by atoms with Crippen LogP contribution in [0.4, 0.5) is 0 Å². The highest BCUT2D eigenvalue weighted by atomic mass is 16.5. The van der Waals surface area contributed by atoms with Crippen LogP contribution in [0.5, 0.6) is 5.75 Å². The Bertz CT molecular complexity index is 1320. The zero-order valence-corrected chi connectivity index (χ0v) is 25.3. The van der Waals surface area contributed by atoms with Crippen LogP contribution in [0.3, 0.4) is 0 Å². The topological polar surface area (TPSA) is 55.8 Å². The van der Waals surface area contributed by atoms with E-state index in [1.54, 1.807) is 7.11 Å². The van der Waals surface area contributed by atoms with Crippen molar-refractivity contribution in [2.45, 2.75) is 84.7 Å². The molecule has 0 aliphatic carbocycles. The van der Waals surface area contributed by atoms with E-state index in [9.17, 15) is 9.90 Å². The van der Waals surface area contributed by atoms with Crippen LogP contribution in [-0.4, -0.2) is 31.4 Å². The standard InChI is InChI=1S/C36H46O4/c1-8-11-12-31(37)18-15-28-14-16-29(21-25(28)4)36(9-2,10-3)30-17-19-32(26(5)22-30)33-23-27(24-35(38)40-7)13-20-34(33)39-6/h13-23,31,37H,8-12,24H2,1-7H3. The number of aliphatic hydroxyl groups excluding tert-OH is 1. The van der Waals surface area contributed by atoms with Crippen molar-refractivity contribution in [3.05, 3.63) is 94.1 Å². The molecule has 3 aromatic carbocycles. The smallest absolute Gasteiger partial charge is 0.309 e. The third kappa shape index (κ3) is 7.03. The highest BCUT2D eigenvalue weighted by Gasteiger charge is 2.31. The van der Waals surface area contributed by atoms with Crippen LogP contribution in [0.25, 0.3) is 17.2 Å². The zero-order valence-electron chi connectivity index (χ0n) is 25.3. The molecule has 0 spiro atoms. The Balaban J connectivity index is 1.99. The van der Waals surface area contributed by atoms with Gasteiger partial charge in [0.1, 0.15) is 5.75 Å². The first kappa shape index (κ1) is 31.2. The summed E-state index contributed by atoms with van der Waals surface area (Å²) in [7, 11) is 3.09. The van der Waals surface area contributed by atoms with Gasteiger partial charge in [-0.15, -0.1) is 0 Å². The van der Waals surface area contributed by atoms with Crippen molar-refractivity contribution in [2.75, 3.05) is 14.2 Å². The lowest BCUT2D eigenvalue weighted by Gasteiger charge is -2.34. The number of rotatable bonds is 13. The first-order valence-corrected chi connectivity index (χ1v) is 14.6. The van der Waals surface area contributed by atoms with Crippen LogP contribution in [0.15, 0.2) is 60.7 Å². The Kier molecular flexibility index (Phi) is 11.2. The summed E-state index contributed by atoms with van der Waals surface area (Å²) in [6.45, 7) is 11.0. The Labute approximate surface area is 241 Å². The molecular formula is C36H46O4. The van der Waals surface area contributed by atoms with Crippen molar-refractivity contribution in [3.8, 4) is 16.9 Å². The summed E-state index contributed by atoms with van der Waals surface area (Å²) in [6, 6.07) is 19.4. The number of hydrogen-bond donors (Lipinski definition) is 1. The fraction of sp³-hybridized carbons (Fsp3) is 0.417. The number of methoxy groups -OCH3 is 2. The number of hydrogen-bond acceptors (Lipinski definition) is 4. The highest BCUT2D eigenvalue weighted by molar-refractivity contribution is 5.77. The molecule has 0 bridgehead atoms. The Morgan fingerprint density at radius 3 is 2.15 bits per heavy atom. The second-order valence-electron chi connectivity index (χ2n) is 10.7. The number of benzene rings is 3. The van der Waals surface area contributed by atoms with E-state index < -0.39 is 6.10 Å². The predicted octanol–water partition coefficient (Wildman–Crippen LogP) is 8.36. The third-order valence-corrected chi connectivity index (χ3v) is 8.29. The largest absolute Gasteiger partial charge is 0.496 e. The summed E-state index contributed by atoms with van der Waals surface area (Å²) in [4.78, 5) is 11.9. The summed E-state index contributed by atoms with van der Waals surface area (Å²) in [5.41, 5.74) is 8.96. The van der Waals surface area contributed by atoms with Crippen molar-refractivity contribution in [3.63, 3.8) is 0 Å². The fourth-order valence-corrected chi connectivity index (χ4v) is 5.70. The molecule has 0 aromatic heterocycles. The molecule has 0 aliphatic heterocycles. The summed E-state index contributed by atoms with van der Waals surface area (Å²) >= 11 is 0. The SMILES string of the molecule is CCCCC(O)C=Cc1ccc(C(CC)(CC)c2ccc(-c3cc(CC(=O)OC)ccc3OC)c(C)c2)cc1C. The van der Waals surface area contributed by atoms with Crippen LogP contribution < -0.4 is 4.74 Å². The second kappa shape index (κ2) is 14.3. The van der Waals surface area contributed by atoms with Crippen molar-refractivity contribution in [2.24, 2.45) is 0 Å². The summed E-state index contributed by atoms with van der Waals surface area (Å²) < 4.78 is 10.6. The molecule has 4 heteroatoms. The normalized spacial score (nSPS) is 12.5. The Hall–Kier alpha value is -3.37. The summed E-state index contributed by atoms with van der Waals surface area (Å²) in [5, 5.41) is 10.3. The van der Waals surface area contributed by atoms with Crippen molar-refractivity contribution in [1.82, 2.24) is 0 Å². The molecule has 1 atom stereocenters. The number of aryl methyl sites for hydroxylation is 2. The van der Waals surface area contributed by atoms with Crippen LogP contribution in [0.1, 0.15) is 86.3 Å². The van der Waals surface area contributed by atoms with Crippen molar-refractivity contribution >= 4 is 12.0 Å². The molecule has 3 rings (SSSR count). The Morgan fingerprint density at radius 2 is 1.57 bits per heavy atom. The zero-order chi connectivity index (χ0) is 29.3. The maximum atomic E-state index is 11.9. The number of unbranched alkanes of at least 4 members (excludes halogenated alkanes) is 1. The van der Waals surface area contributed by atoms with Gasteiger partial charge < -0.3 is 14.6 Å². The first-order chi connectivity index (χ1) is 19.2. The Morgan fingerprint density at radius 1 is 0.900 bits per heavy atom. The lowest BCUT2D eigenvalue weighted by molar-refractivity contribution is -0.139. The van der Waals surface area contributed by atoms with E-state index in [4.69, 9.17) is 9.47 Å². The fourth-order valence-electron chi connectivity index (χ4n) is 5.70. The molecule has 0 fully saturated rings. The molecule has 1 N–H and O–H groups in total. The minimum atomic E-state index is -0.398. The second-order valence-corrected chi connectivity index (χ2v) is 10.7. The molecule has 0 saturated carbocycles. The molecule has 1 unspecified atom stereocenters. The average molecular weight is 543 g/mol. The number of carbonyl (C=O) groups is 1. The monoisotopic (exact) mass is 542 g/mol. The van der Waals surface area contributed by atoms with Gasteiger partial charge in [0.05, 0.1) is 26.7 Å². The lowest BCUT2D eigenvalue weighted by Crippen LogP contribution is -2.26. The number of aliphatic hydroxyl groups is 1. The van der Waals surface area contributed by atoms with E-state index in [0.717, 1.165) is 65.7 Å². The quantitative estimate of drug-likeness (QED) is 0.221. The van der Waals surface area contributed by atoms with Gasteiger partial charge in [0.15, 0.2) is 0 Å². The van der Waals surface area contributed by atoms with Gasteiger partial charge in [0.25, 0.3) is 0 Å². The van der Waals surface area contributed by atoms with Gasteiger partial charge in [-0.25, -0.2) is 0 Å². The van der Waals surface area contributed by atoms with Crippen LogP contribution in [0, 0.1) is 13.8 Å². The van der Waals surface area contributed by atoms with Gasteiger partial charge >= 0.3 is 5.97 Å². The minimum Gasteiger partial charge on any atom is -0.496 e. The molecule has 0 amide bonds. The lowest BCUT2D eigenvalue weighted by atomic mass is 9.69. The number of carbonyl (C=O) groups excluding carboxylic acids is 1. The van der Waals surface area contributed by atoms with Crippen molar-refractivity contribution < 1.29 is 19.4 Å². The minimum absolute atomic E-state index is 0.117. The summed E-state index contributed by atoms with van der Waals surface area (Å²) in [5.74, 6) is 0.518. The van der Waals surface area contributed by atoms with E-state index in [1.807, 2.05) is 24.3 Å². The van der Waals surface area contributed by atoms with Crippen molar-refractivity contribution in [1.29, 1.82) is 0 Å².